The molecule has 1 amide bonds. The van der Waals surface area contributed by atoms with Gasteiger partial charge in [-0.2, -0.15) is 0 Å². The molecule has 1 N–H and O–H groups in total. The lowest BCUT2D eigenvalue weighted by atomic mass is 9.87. The van der Waals surface area contributed by atoms with Gasteiger partial charge in [0.15, 0.2) is 0 Å². The lowest BCUT2D eigenvalue weighted by Gasteiger charge is -2.26. The summed E-state index contributed by atoms with van der Waals surface area (Å²) in [4.78, 5) is 12.5. The quantitative estimate of drug-likeness (QED) is 0.747. The highest BCUT2D eigenvalue weighted by molar-refractivity contribution is 9.09. The highest BCUT2D eigenvalue weighted by atomic mass is 79.9. The van der Waals surface area contributed by atoms with Gasteiger partial charge in [0, 0.05) is 11.9 Å². The number of halogens is 1. The zero-order valence-corrected chi connectivity index (χ0v) is 14.0. The second-order valence-corrected chi connectivity index (χ2v) is 7.38. The average Bonchev–Trinajstić information content (AvgIpc) is 3.25. The Morgan fingerprint density at radius 2 is 1.95 bits per heavy atom. The van der Waals surface area contributed by atoms with Crippen molar-refractivity contribution in [3.8, 4) is 0 Å². The first kappa shape index (κ1) is 15.6. The van der Waals surface area contributed by atoms with Crippen molar-refractivity contribution in [2.75, 3.05) is 11.9 Å². The molecule has 0 atom stereocenters. The number of benzene rings is 1. The van der Waals surface area contributed by atoms with Crippen LogP contribution in [-0.4, -0.2) is 17.8 Å². The molecule has 1 fully saturated rings. The predicted molar refractivity (Wildman–Crippen MR) is 87.2 cm³/mol. The summed E-state index contributed by atoms with van der Waals surface area (Å²) in [5.41, 5.74) is 1.08. The van der Waals surface area contributed by atoms with Gasteiger partial charge in [-0.25, -0.2) is 0 Å². The van der Waals surface area contributed by atoms with E-state index in [4.69, 9.17) is 0 Å². The van der Waals surface area contributed by atoms with E-state index < -0.39 is 0 Å². The second-order valence-electron chi connectivity index (χ2n) is 6.59. The third-order valence-electron chi connectivity index (χ3n) is 4.23. The molecule has 3 heteroatoms. The number of carbonyl (C=O) groups is 1. The summed E-state index contributed by atoms with van der Waals surface area (Å²) in [6.45, 7) is 5.20. The van der Waals surface area contributed by atoms with Gasteiger partial charge in [0.05, 0.1) is 5.41 Å². The van der Waals surface area contributed by atoms with Crippen LogP contribution < -0.4 is 5.32 Å². The molecule has 1 saturated carbocycles. The Balaban J connectivity index is 1.93. The minimum absolute atomic E-state index is 0.163. The van der Waals surface area contributed by atoms with E-state index in [2.05, 4.69) is 47.2 Å². The van der Waals surface area contributed by atoms with Crippen molar-refractivity contribution in [3.05, 3.63) is 35.9 Å². The first-order chi connectivity index (χ1) is 9.50. The van der Waals surface area contributed by atoms with Gasteiger partial charge < -0.3 is 5.32 Å². The molecular formula is C17H24BrNO. The number of amides is 1. The molecule has 1 aromatic rings. The van der Waals surface area contributed by atoms with E-state index in [-0.39, 0.29) is 16.7 Å². The Labute approximate surface area is 130 Å². The maximum atomic E-state index is 12.5. The van der Waals surface area contributed by atoms with Crippen molar-refractivity contribution in [3.63, 3.8) is 0 Å². The maximum absolute atomic E-state index is 12.5. The van der Waals surface area contributed by atoms with E-state index in [9.17, 15) is 4.79 Å². The highest BCUT2D eigenvalue weighted by Gasteiger charge is 2.51. The number of hydrogen-bond donors (Lipinski definition) is 1. The Kier molecular flexibility index (Phi) is 4.90. The van der Waals surface area contributed by atoms with Gasteiger partial charge in [0.2, 0.25) is 5.91 Å². The van der Waals surface area contributed by atoms with Gasteiger partial charge in [-0.15, -0.1) is 0 Å². The largest absolute Gasteiger partial charge is 0.355 e. The number of rotatable bonds is 7. The Morgan fingerprint density at radius 3 is 2.50 bits per heavy atom. The molecule has 2 nitrogen and oxygen atoms in total. The molecule has 0 saturated heterocycles. The van der Waals surface area contributed by atoms with Crippen molar-refractivity contribution < 1.29 is 4.79 Å². The van der Waals surface area contributed by atoms with Crippen LogP contribution in [-0.2, 0) is 10.2 Å². The molecule has 0 unspecified atom stereocenters. The van der Waals surface area contributed by atoms with Gasteiger partial charge in [-0.3, -0.25) is 4.79 Å². The predicted octanol–water partition coefficient (Wildman–Crippen LogP) is 4.04. The minimum atomic E-state index is -0.243. The van der Waals surface area contributed by atoms with E-state index in [1.165, 1.54) is 0 Å². The standard InChI is InChI=1S/C17H24BrNO/c1-16(2,9-6-12-18)13-19-15(20)17(10-11-17)14-7-4-3-5-8-14/h3-5,7-8H,6,9-13H2,1-2H3,(H,19,20). The van der Waals surface area contributed by atoms with E-state index in [0.717, 1.165) is 43.1 Å². The summed E-state index contributed by atoms with van der Waals surface area (Å²) in [6.07, 6.45) is 4.22. The first-order valence-electron chi connectivity index (χ1n) is 7.40. The van der Waals surface area contributed by atoms with Crippen LogP contribution in [0.15, 0.2) is 30.3 Å². The lowest BCUT2D eigenvalue weighted by Crippen LogP contribution is -2.40. The number of alkyl halides is 1. The van der Waals surface area contributed by atoms with Crippen LogP contribution in [0.2, 0.25) is 0 Å². The average molecular weight is 338 g/mol. The normalized spacial score (nSPS) is 16.8. The fourth-order valence-corrected chi connectivity index (χ4v) is 2.93. The van der Waals surface area contributed by atoms with Crippen LogP contribution in [0.3, 0.4) is 0 Å². The van der Waals surface area contributed by atoms with Crippen LogP contribution in [0.5, 0.6) is 0 Å². The smallest absolute Gasteiger partial charge is 0.230 e. The van der Waals surface area contributed by atoms with Crippen molar-refractivity contribution in [1.29, 1.82) is 0 Å². The highest BCUT2D eigenvalue weighted by Crippen LogP contribution is 2.48. The molecule has 0 aliphatic heterocycles. The maximum Gasteiger partial charge on any atom is 0.230 e. The van der Waals surface area contributed by atoms with Crippen LogP contribution >= 0.6 is 15.9 Å². The molecule has 0 heterocycles. The van der Waals surface area contributed by atoms with E-state index in [1.54, 1.807) is 0 Å². The molecule has 1 aromatic carbocycles. The minimum Gasteiger partial charge on any atom is -0.355 e. The zero-order chi connectivity index (χ0) is 14.6. The third-order valence-corrected chi connectivity index (χ3v) is 4.79. The van der Waals surface area contributed by atoms with Gasteiger partial charge in [0.1, 0.15) is 0 Å². The van der Waals surface area contributed by atoms with Crippen molar-refractivity contribution in [2.45, 2.75) is 44.9 Å². The Bertz CT molecular complexity index is 451. The van der Waals surface area contributed by atoms with Crippen molar-refractivity contribution in [2.24, 2.45) is 5.41 Å². The fraction of sp³-hybridized carbons (Fsp3) is 0.588. The van der Waals surface area contributed by atoms with Crippen molar-refractivity contribution >= 4 is 21.8 Å². The Morgan fingerprint density at radius 1 is 1.30 bits per heavy atom. The topological polar surface area (TPSA) is 29.1 Å². The summed E-state index contributed by atoms with van der Waals surface area (Å²) < 4.78 is 0. The SMILES string of the molecule is CC(C)(CCCBr)CNC(=O)C1(c2ccccc2)CC1. The molecule has 0 bridgehead atoms. The van der Waals surface area contributed by atoms with Crippen LogP contribution in [0.1, 0.15) is 45.1 Å². The van der Waals surface area contributed by atoms with E-state index >= 15 is 0 Å². The fourth-order valence-electron chi connectivity index (χ4n) is 2.65. The van der Waals surface area contributed by atoms with Crippen LogP contribution in [0.25, 0.3) is 0 Å². The van der Waals surface area contributed by atoms with Gasteiger partial charge in [0.25, 0.3) is 0 Å². The van der Waals surface area contributed by atoms with E-state index in [0.29, 0.717) is 0 Å². The molecule has 1 aliphatic carbocycles. The zero-order valence-electron chi connectivity index (χ0n) is 12.4. The molecular weight excluding hydrogens is 314 g/mol. The molecule has 2 rings (SSSR count). The van der Waals surface area contributed by atoms with Gasteiger partial charge >= 0.3 is 0 Å². The van der Waals surface area contributed by atoms with Crippen molar-refractivity contribution in [1.82, 2.24) is 5.32 Å². The summed E-state index contributed by atoms with van der Waals surface area (Å²) in [7, 11) is 0. The molecule has 110 valence electrons. The summed E-state index contributed by atoms with van der Waals surface area (Å²) in [5.74, 6) is 0.204. The molecule has 0 aromatic heterocycles. The molecule has 0 radical (unpaired) electrons. The van der Waals surface area contributed by atoms with Gasteiger partial charge in [-0.1, -0.05) is 60.1 Å². The number of carbonyl (C=O) groups excluding carboxylic acids is 1. The Hall–Kier alpha value is -0.830. The summed E-state index contributed by atoms with van der Waals surface area (Å²) in [6, 6.07) is 10.2. The second kappa shape index (κ2) is 6.30. The molecule has 0 spiro atoms. The summed E-state index contributed by atoms with van der Waals surface area (Å²) in [5, 5.41) is 4.20. The van der Waals surface area contributed by atoms with E-state index in [1.807, 2.05) is 18.2 Å². The monoisotopic (exact) mass is 337 g/mol. The van der Waals surface area contributed by atoms with Gasteiger partial charge in [-0.05, 0) is 36.7 Å². The molecule has 1 aliphatic rings. The van der Waals surface area contributed by atoms with Crippen LogP contribution in [0, 0.1) is 5.41 Å². The third kappa shape index (κ3) is 3.63. The molecule has 20 heavy (non-hydrogen) atoms. The first-order valence-corrected chi connectivity index (χ1v) is 8.52. The number of nitrogens with one attached hydrogen (secondary N) is 1. The van der Waals surface area contributed by atoms with Crippen LogP contribution in [0.4, 0.5) is 0 Å². The lowest BCUT2D eigenvalue weighted by molar-refractivity contribution is -0.124. The number of hydrogen-bond acceptors (Lipinski definition) is 1. The summed E-state index contributed by atoms with van der Waals surface area (Å²) >= 11 is 3.47.